The number of carboxylic acids is 1. The van der Waals surface area contributed by atoms with E-state index in [4.69, 9.17) is 4.42 Å². The predicted octanol–water partition coefficient (Wildman–Crippen LogP) is 4.60. The number of aromatic nitrogens is 3. The minimum Gasteiger partial charge on any atom is -0.480 e. The lowest BCUT2D eigenvalue weighted by atomic mass is 9.87. The first kappa shape index (κ1) is 23.5. The monoisotopic (exact) mass is 496 g/mol. The number of fused-ring (bicyclic) bond motifs is 3. The summed E-state index contributed by atoms with van der Waals surface area (Å²) in [6, 6.07) is 9.01. The van der Waals surface area contributed by atoms with Gasteiger partial charge in [0.05, 0.1) is 22.5 Å². The first-order valence-electron chi connectivity index (χ1n) is 11.9. The van der Waals surface area contributed by atoms with Gasteiger partial charge in [-0.1, -0.05) is 38.3 Å². The van der Waals surface area contributed by atoms with Gasteiger partial charge < -0.3 is 9.52 Å². The number of rotatable bonds is 7. The highest BCUT2D eigenvalue weighted by Crippen LogP contribution is 2.33. The molecule has 1 atom stereocenters. The van der Waals surface area contributed by atoms with E-state index in [0.717, 1.165) is 35.0 Å². The zero-order chi connectivity index (χ0) is 24.7. The number of hydrogen-bond acceptors (Lipinski definition) is 6. The van der Waals surface area contributed by atoms with Gasteiger partial charge in [-0.2, -0.15) is 4.72 Å². The standard InChI is InChI=1S/C25H28N4O5S/c1-15(2)24(25(30)31)27-35(32,33)18-9-10-19-20-12-17(8-11-22(20)34-23(19)13-18)29-14-21(26-28-29)16-6-4-3-5-7-16/h8-16,24,27H,3-7H2,1-2H3,(H,30,31). The summed E-state index contributed by atoms with van der Waals surface area (Å²) in [6.45, 7) is 3.29. The smallest absolute Gasteiger partial charge is 0.322 e. The highest BCUT2D eigenvalue weighted by Gasteiger charge is 2.28. The fourth-order valence-electron chi connectivity index (χ4n) is 4.75. The summed E-state index contributed by atoms with van der Waals surface area (Å²) in [5.41, 5.74) is 2.88. The first-order valence-corrected chi connectivity index (χ1v) is 13.4. The molecule has 0 saturated heterocycles. The number of sulfonamides is 1. The Balaban J connectivity index is 1.47. The zero-order valence-corrected chi connectivity index (χ0v) is 20.5. The van der Waals surface area contributed by atoms with Crippen molar-refractivity contribution in [3.8, 4) is 5.69 Å². The van der Waals surface area contributed by atoms with Crippen molar-refractivity contribution in [3.63, 3.8) is 0 Å². The van der Waals surface area contributed by atoms with Crippen LogP contribution in [0.25, 0.3) is 27.6 Å². The fraction of sp³-hybridized carbons (Fsp3) is 0.400. The third kappa shape index (κ3) is 4.55. The van der Waals surface area contributed by atoms with Gasteiger partial charge in [-0.3, -0.25) is 4.79 Å². The van der Waals surface area contributed by atoms with Crippen molar-refractivity contribution in [1.29, 1.82) is 0 Å². The van der Waals surface area contributed by atoms with E-state index in [1.165, 1.54) is 31.4 Å². The molecule has 2 aromatic carbocycles. The van der Waals surface area contributed by atoms with Gasteiger partial charge in [-0.15, -0.1) is 5.10 Å². The van der Waals surface area contributed by atoms with Crippen LogP contribution in [0.5, 0.6) is 0 Å². The Labute approximate surface area is 203 Å². The van der Waals surface area contributed by atoms with Gasteiger partial charge in [0.2, 0.25) is 10.0 Å². The van der Waals surface area contributed by atoms with Crippen molar-refractivity contribution in [1.82, 2.24) is 19.7 Å². The minimum atomic E-state index is -4.05. The number of nitrogens with one attached hydrogen (secondary N) is 1. The Morgan fingerprint density at radius 1 is 1.09 bits per heavy atom. The molecule has 10 heteroatoms. The van der Waals surface area contributed by atoms with Gasteiger partial charge in [0, 0.05) is 22.8 Å². The average molecular weight is 497 g/mol. The summed E-state index contributed by atoms with van der Waals surface area (Å²) in [4.78, 5) is 11.4. The van der Waals surface area contributed by atoms with Crippen LogP contribution in [0.3, 0.4) is 0 Å². The molecular weight excluding hydrogens is 468 g/mol. The molecule has 1 unspecified atom stereocenters. The summed E-state index contributed by atoms with van der Waals surface area (Å²) < 4.78 is 35.7. The predicted molar refractivity (Wildman–Crippen MR) is 131 cm³/mol. The maximum atomic E-state index is 12.8. The molecular formula is C25H28N4O5S. The molecule has 9 nitrogen and oxygen atoms in total. The molecule has 2 N–H and O–H groups in total. The second-order valence-electron chi connectivity index (χ2n) is 9.54. The zero-order valence-electron chi connectivity index (χ0n) is 19.6. The van der Waals surface area contributed by atoms with Crippen molar-refractivity contribution in [2.24, 2.45) is 5.92 Å². The molecule has 35 heavy (non-hydrogen) atoms. The summed E-state index contributed by atoms with van der Waals surface area (Å²) in [5.74, 6) is -1.17. The van der Waals surface area contributed by atoms with Crippen LogP contribution in [0.15, 0.2) is 51.9 Å². The lowest BCUT2D eigenvalue weighted by Crippen LogP contribution is -2.44. The van der Waals surface area contributed by atoms with Crippen molar-refractivity contribution in [2.45, 2.75) is 62.8 Å². The molecule has 0 bridgehead atoms. The highest BCUT2D eigenvalue weighted by atomic mass is 32.2. The lowest BCUT2D eigenvalue weighted by molar-refractivity contribution is -0.140. The molecule has 4 aromatic rings. The second-order valence-corrected chi connectivity index (χ2v) is 11.3. The molecule has 1 aliphatic carbocycles. The van der Waals surface area contributed by atoms with Crippen LogP contribution in [-0.4, -0.2) is 40.5 Å². The van der Waals surface area contributed by atoms with Crippen molar-refractivity contribution in [3.05, 3.63) is 48.3 Å². The van der Waals surface area contributed by atoms with Crippen LogP contribution in [0.4, 0.5) is 0 Å². The molecule has 0 amide bonds. The maximum Gasteiger partial charge on any atom is 0.322 e. The second kappa shape index (κ2) is 9.09. The van der Waals surface area contributed by atoms with E-state index in [1.54, 1.807) is 24.6 Å². The highest BCUT2D eigenvalue weighted by molar-refractivity contribution is 7.89. The number of furan rings is 1. The third-order valence-corrected chi connectivity index (χ3v) is 8.19. The maximum absolute atomic E-state index is 12.8. The van der Waals surface area contributed by atoms with Crippen LogP contribution >= 0.6 is 0 Å². The van der Waals surface area contributed by atoms with Crippen LogP contribution in [0.1, 0.15) is 57.6 Å². The number of benzene rings is 2. The van der Waals surface area contributed by atoms with Crippen LogP contribution in [0, 0.1) is 5.92 Å². The van der Waals surface area contributed by atoms with E-state index in [0.29, 0.717) is 17.1 Å². The minimum absolute atomic E-state index is 0.0513. The Morgan fingerprint density at radius 3 is 2.57 bits per heavy atom. The van der Waals surface area contributed by atoms with Gasteiger partial charge >= 0.3 is 5.97 Å². The Bertz CT molecular complexity index is 1500. The van der Waals surface area contributed by atoms with Crippen LogP contribution in [-0.2, 0) is 14.8 Å². The molecule has 184 valence electrons. The van der Waals surface area contributed by atoms with Gasteiger partial charge in [-0.05, 0) is 49.1 Å². The molecule has 2 aromatic heterocycles. The molecule has 0 spiro atoms. The van der Waals surface area contributed by atoms with Crippen molar-refractivity contribution < 1.29 is 22.7 Å². The number of carbonyl (C=O) groups is 1. The van der Waals surface area contributed by atoms with Crippen molar-refractivity contribution in [2.75, 3.05) is 0 Å². The average Bonchev–Trinajstić information content (AvgIpc) is 3.47. The number of nitrogens with zero attached hydrogens (tertiary/aromatic N) is 3. The number of carboxylic acid groups (broad SMARTS) is 1. The molecule has 2 heterocycles. The summed E-state index contributed by atoms with van der Waals surface area (Å²) >= 11 is 0. The molecule has 0 aliphatic heterocycles. The third-order valence-electron chi connectivity index (χ3n) is 6.75. The topological polar surface area (TPSA) is 127 Å². The van der Waals surface area contributed by atoms with Gasteiger partial charge in [0.1, 0.15) is 17.2 Å². The molecule has 0 radical (unpaired) electrons. The summed E-state index contributed by atoms with van der Waals surface area (Å²) in [7, 11) is -4.05. The SMILES string of the molecule is CC(C)C(NS(=O)(=O)c1ccc2c(c1)oc1ccc(-n3cc(C4CCCCC4)nn3)cc12)C(=O)O. The Morgan fingerprint density at radius 2 is 1.86 bits per heavy atom. The number of aliphatic carboxylic acids is 1. The quantitative estimate of drug-likeness (QED) is 0.383. The van der Waals surface area contributed by atoms with E-state index in [-0.39, 0.29) is 4.90 Å². The van der Waals surface area contributed by atoms with E-state index in [2.05, 4.69) is 15.0 Å². The van der Waals surface area contributed by atoms with Crippen molar-refractivity contribution >= 4 is 37.9 Å². The number of hydrogen-bond donors (Lipinski definition) is 2. The largest absolute Gasteiger partial charge is 0.480 e. The van der Waals surface area contributed by atoms with E-state index >= 15 is 0 Å². The van der Waals surface area contributed by atoms with Gasteiger partial charge in [0.15, 0.2) is 0 Å². The molecule has 1 saturated carbocycles. The first-order chi connectivity index (χ1) is 16.7. The van der Waals surface area contributed by atoms with E-state index in [1.807, 2.05) is 24.4 Å². The summed E-state index contributed by atoms with van der Waals surface area (Å²) in [6.07, 6.45) is 8.02. The summed E-state index contributed by atoms with van der Waals surface area (Å²) in [5, 5.41) is 19.7. The fourth-order valence-corrected chi connectivity index (χ4v) is 6.10. The van der Waals surface area contributed by atoms with E-state index < -0.39 is 28.0 Å². The van der Waals surface area contributed by atoms with Crippen LogP contribution in [0.2, 0.25) is 0 Å². The van der Waals surface area contributed by atoms with E-state index in [9.17, 15) is 18.3 Å². The molecule has 1 aliphatic rings. The Kier molecular flexibility index (Phi) is 6.10. The lowest BCUT2D eigenvalue weighted by Gasteiger charge is -2.18. The molecule has 5 rings (SSSR count). The molecule has 1 fully saturated rings. The van der Waals surface area contributed by atoms with Gasteiger partial charge in [-0.25, -0.2) is 13.1 Å². The normalized spacial score (nSPS) is 16.3. The van der Waals surface area contributed by atoms with Gasteiger partial charge in [0.25, 0.3) is 0 Å². The Hall–Kier alpha value is -3.24. The van der Waals surface area contributed by atoms with Crippen LogP contribution < -0.4 is 4.72 Å².